The number of hydrogen-bond acceptors (Lipinski definition) is 5. The lowest BCUT2D eigenvalue weighted by Gasteiger charge is -2.02. The molecule has 0 heterocycles. The first-order valence-corrected chi connectivity index (χ1v) is 12.9. The van der Waals surface area contributed by atoms with E-state index in [1.807, 2.05) is 0 Å². The van der Waals surface area contributed by atoms with Gasteiger partial charge in [0.25, 0.3) is 20.2 Å². The SMILES string of the molecule is CCCCCCCCCCCCCCCS(=O)(=O)O.NCCS(=O)(=O)O. The van der Waals surface area contributed by atoms with Gasteiger partial charge in [-0.3, -0.25) is 9.11 Å². The average molecular weight is 418 g/mol. The van der Waals surface area contributed by atoms with Crippen LogP contribution in [0.15, 0.2) is 0 Å². The second-order valence-electron chi connectivity index (χ2n) is 6.60. The Morgan fingerprint density at radius 1 is 0.577 bits per heavy atom. The molecule has 0 saturated heterocycles. The third kappa shape index (κ3) is 31.5. The normalized spacial score (nSPS) is 11.8. The second kappa shape index (κ2) is 18.2. The minimum atomic E-state index is -3.80. The van der Waals surface area contributed by atoms with Crippen molar-refractivity contribution in [1.29, 1.82) is 0 Å². The Kier molecular flexibility index (Phi) is 19.6. The van der Waals surface area contributed by atoms with Crippen LogP contribution in [-0.4, -0.2) is 44.0 Å². The number of hydrogen-bond donors (Lipinski definition) is 3. The van der Waals surface area contributed by atoms with Crippen LogP contribution in [0, 0.1) is 0 Å². The fourth-order valence-electron chi connectivity index (χ4n) is 2.45. The Bertz CT molecular complexity index is 491. The number of unbranched alkanes of at least 4 members (excludes halogenated alkanes) is 12. The van der Waals surface area contributed by atoms with Gasteiger partial charge in [0, 0.05) is 6.54 Å². The van der Waals surface area contributed by atoms with Gasteiger partial charge in [-0.2, -0.15) is 16.8 Å². The van der Waals surface area contributed by atoms with E-state index >= 15 is 0 Å². The standard InChI is InChI=1S/C15H32O3S.C2H7NO3S/c1-2-3-4-5-6-7-8-9-10-11-12-13-14-15-19(16,17)18;3-1-2-7(4,5)6/h2-15H2,1H3,(H,16,17,18);1-3H2,(H,4,5,6). The molecule has 0 aliphatic carbocycles. The molecule has 7 nitrogen and oxygen atoms in total. The van der Waals surface area contributed by atoms with Gasteiger partial charge in [-0.05, 0) is 6.42 Å². The quantitative estimate of drug-likeness (QED) is 0.257. The van der Waals surface area contributed by atoms with Crippen LogP contribution >= 0.6 is 0 Å². The molecule has 0 fully saturated rings. The minimum absolute atomic E-state index is 0.0289. The summed E-state index contributed by atoms with van der Waals surface area (Å²) in [6.07, 6.45) is 15.9. The molecule has 0 atom stereocenters. The summed E-state index contributed by atoms with van der Waals surface area (Å²) in [5, 5.41) is 0. The maximum Gasteiger partial charge on any atom is 0.266 e. The third-order valence-corrected chi connectivity index (χ3v) is 5.44. The molecule has 160 valence electrons. The van der Waals surface area contributed by atoms with Crippen LogP contribution in [0.4, 0.5) is 0 Å². The largest absolute Gasteiger partial charge is 0.329 e. The Morgan fingerprint density at radius 2 is 0.885 bits per heavy atom. The zero-order valence-corrected chi connectivity index (χ0v) is 17.9. The van der Waals surface area contributed by atoms with E-state index in [0.29, 0.717) is 6.42 Å². The summed E-state index contributed by atoms with van der Waals surface area (Å²) in [5.41, 5.74) is 4.78. The van der Waals surface area contributed by atoms with Gasteiger partial charge < -0.3 is 5.73 Å². The van der Waals surface area contributed by atoms with E-state index in [2.05, 4.69) is 6.92 Å². The predicted molar refractivity (Wildman–Crippen MR) is 108 cm³/mol. The van der Waals surface area contributed by atoms with E-state index < -0.39 is 20.2 Å². The van der Waals surface area contributed by atoms with Crippen LogP contribution in [-0.2, 0) is 20.2 Å². The molecule has 9 heteroatoms. The monoisotopic (exact) mass is 417 g/mol. The first kappa shape index (κ1) is 28.0. The molecule has 0 aromatic rings. The Hall–Kier alpha value is -0.220. The highest BCUT2D eigenvalue weighted by Crippen LogP contribution is 2.12. The Labute approximate surface area is 160 Å². The summed E-state index contributed by atoms with van der Waals surface area (Å²) >= 11 is 0. The zero-order valence-electron chi connectivity index (χ0n) is 16.2. The smallest absolute Gasteiger partial charge is 0.266 e. The van der Waals surface area contributed by atoms with E-state index in [1.165, 1.54) is 64.2 Å². The molecule has 0 rings (SSSR count). The minimum Gasteiger partial charge on any atom is -0.329 e. The van der Waals surface area contributed by atoms with Crippen molar-refractivity contribution in [2.75, 3.05) is 18.1 Å². The van der Waals surface area contributed by atoms with Gasteiger partial charge in [0.15, 0.2) is 0 Å². The van der Waals surface area contributed by atoms with E-state index in [1.54, 1.807) is 0 Å². The molecule has 0 unspecified atom stereocenters. The van der Waals surface area contributed by atoms with Crippen molar-refractivity contribution in [2.45, 2.75) is 90.4 Å². The van der Waals surface area contributed by atoms with Crippen LogP contribution in [0.25, 0.3) is 0 Å². The van der Waals surface area contributed by atoms with Crippen LogP contribution < -0.4 is 5.73 Å². The summed E-state index contributed by atoms with van der Waals surface area (Å²) in [4.78, 5) is 0. The van der Waals surface area contributed by atoms with Crippen molar-refractivity contribution in [3.8, 4) is 0 Å². The summed E-state index contributed by atoms with van der Waals surface area (Å²) in [7, 11) is -7.54. The molecular formula is C17H39NO6S2. The average Bonchev–Trinajstić information content (AvgIpc) is 2.50. The van der Waals surface area contributed by atoms with Gasteiger partial charge in [0.1, 0.15) is 0 Å². The molecule has 0 aromatic carbocycles. The molecule has 0 radical (unpaired) electrons. The van der Waals surface area contributed by atoms with Gasteiger partial charge in [0.2, 0.25) is 0 Å². The van der Waals surface area contributed by atoms with E-state index in [0.717, 1.165) is 12.8 Å². The summed E-state index contributed by atoms with van der Waals surface area (Å²) in [6, 6.07) is 0. The van der Waals surface area contributed by atoms with Crippen LogP contribution in [0.3, 0.4) is 0 Å². The van der Waals surface area contributed by atoms with Crippen molar-refractivity contribution in [1.82, 2.24) is 0 Å². The summed E-state index contributed by atoms with van der Waals surface area (Å²) in [6.45, 7) is 2.22. The van der Waals surface area contributed by atoms with Gasteiger partial charge in [0.05, 0.1) is 11.5 Å². The Morgan fingerprint density at radius 3 is 1.12 bits per heavy atom. The van der Waals surface area contributed by atoms with Gasteiger partial charge in [-0.1, -0.05) is 84.0 Å². The lowest BCUT2D eigenvalue weighted by Crippen LogP contribution is -2.13. The highest BCUT2D eigenvalue weighted by Gasteiger charge is 2.02. The van der Waals surface area contributed by atoms with E-state index in [4.69, 9.17) is 14.8 Å². The summed E-state index contributed by atoms with van der Waals surface area (Å²) < 4.78 is 56.9. The first-order chi connectivity index (χ1) is 12.1. The lowest BCUT2D eigenvalue weighted by atomic mass is 10.1. The molecular weight excluding hydrogens is 378 g/mol. The van der Waals surface area contributed by atoms with Crippen molar-refractivity contribution in [3.05, 3.63) is 0 Å². The molecule has 0 aliphatic rings. The fourth-order valence-corrected chi connectivity index (χ4v) is 3.32. The molecule has 0 aliphatic heterocycles. The summed E-state index contributed by atoms with van der Waals surface area (Å²) in [5.74, 6) is -0.433. The van der Waals surface area contributed by atoms with Crippen LogP contribution in [0.5, 0.6) is 0 Å². The fraction of sp³-hybridized carbons (Fsp3) is 1.00. The second-order valence-corrected chi connectivity index (χ2v) is 9.75. The third-order valence-electron chi connectivity index (χ3n) is 3.88. The number of nitrogens with two attached hydrogens (primary N) is 1. The highest BCUT2D eigenvalue weighted by molar-refractivity contribution is 7.86. The van der Waals surface area contributed by atoms with Crippen LogP contribution in [0.2, 0.25) is 0 Å². The van der Waals surface area contributed by atoms with Gasteiger partial charge in [-0.15, -0.1) is 0 Å². The molecule has 0 spiro atoms. The van der Waals surface area contributed by atoms with Gasteiger partial charge in [-0.25, -0.2) is 0 Å². The molecule has 26 heavy (non-hydrogen) atoms. The predicted octanol–water partition coefficient (Wildman–Crippen LogP) is 3.80. The van der Waals surface area contributed by atoms with Crippen molar-refractivity contribution in [2.24, 2.45) is 5.73 Å². The molecule has 0 saturated carbocycles. The maximum atomic E-state index is 10.5. The zero-order chi connectivity index (χ0) is 20.3. The van der Waals surface area contributed by atoms with Crippen molar-refractivity contribution >= 4 is 20.2 Å². The maximum absolute atomic E-state index is 10.5. The lowest BCUT2D eigenvalue weighted by molar-refractivity contribution is 0.477. The van der Waals surface area contributed by atoms with E-state index in [9.17, 15) is 16.8 Å². The first-order valence-electron chi connectivity index (χ1n) is 9.72. The molecule has 4 N–H and O–H groups in total. The number of rotatable bonds is 16. The molecule has 0 bridgehead atoms. The van der Waals surface area contributed by atoms with Crippen molar-refractivity contribution in [3.63, 3.8) is 0 Å². The topological polar surface area (TPSA) is 135 Å². The molecule has 0 amide bonds. The molecule has 0 aromatic heterocycles. The van der Waals surface area contributed by atoms with E-state index in [-0.39, 0.29) is 18.1 Å². The van der Waals surface area contributed by atoms with Crippen molar-refractivity contribution < 1.29 is 25.9 Å². The highest BCUT2D eigenvalue weighted by atomic mass is 32.2. The van der Waals surface area contributed by atoms with Gasteiger partial charge >= 0.3 is 0 Å². The van der Waals surface area contributed by atoms with Crippen LogP contribution in [0.1, 0.15) is 90.4 Å². The Balaban J connectivity index is 0.